The summed E-state index contributed by atoms with van der Waals surface area (Å²) in [5.41, 5.74) is 0.895. The van der Waals surface area contributed by atoms with E-state index in [2.05, 4.69) is 17.6 Å². The van der Waals surface area contributed by atoms with E-state index in [0.717, 1.165) is 22.9 Å². The van der Waals surface area contributed by atoms with Crippen LogP contribution in [0.3, 0.4) is 0 Å². The van der Waals surface area contributed by atoms with E-state index in [1.807, 2.05) is 36.4 Å². The first kappa shape index (κ1) is 15.1. The fourth-order valence-corrected chi connectivity index (χ4v) is 2.47. The number of halogens is 1. The Hall–Kier alpha value is -0.970. The second-order valence-corrected chi connectivity index (χ2v) is 5.04. The molecule has 5 heteroatoms. The Morgan fingerprint density at radius 2 is 2.28 bits per heavy atom. The van der Waals surface area contributed by atoms with Crippen molar-refractivity contribution in [2.45, 2.75) is 17.9 Å². The van der Waals surface area contributed by atoms with Crippen molar-refractivity contribution in [2.75, 3.05) is 17.6 Å². The van der Waals surface area contributed by atoms with Gasteiger partial charge in [0.2, 0.25) is 5.91 Å². The zero-order valence-electron chi connectivity index (χ0n) is 10.2. The third-order valence-corrected chi connectivity index (χ3v) is 3.47. The molecule has 2 N–H and O–H groups in total. The molecule has 18 heavy (non-hydrogen) atoms. The van der Waals surface area contributed by atoms with Gasteiger partial charge in [-0.3, -0.25) is 10.1 Å². The molecule has 1 unspecified atom stereocenters. The number of rotatable bonds is 4. The van der Waals surface area contributed by atoms with Crippen molar-refractivity contribution >= 4 is 35.8 Å². The van der Waals surface area contributed by atoms with Gasteiger partial charge in [0.05, 0.1) is 5.69 Å². The van der Waals surface area contributed by atoms with Crippen LogP contribution in [-0.2, 0) is 4.79 Å². The van der Waals surface area contributed by atoms with Crippen molar-refractivity contribution in [3.63, 3.8) is 0 Å². The first-order valence-electron chi connectivity index (χ1n) is 5.74. The first-order valence-corrected chi connectivity index (χ1v) is 6.72. The molecule has 1 amide bonds. The monoisotopic (exact) mass is 284 g/mol. The molecule has 0 bridgehead atoms. The molecule has 0 aliphatic carbocycles. The number of benzene rings is 1. The number of amides is 1. The average Bonchev–Trinajstić information content (AvgIpc) is 2.85. The molecule has 1 aliphatic heterocycles. The number of anilines is 1. The molecule has 98 valence electrons. The quantitative estimate of drug-likeness (QED) is 0.660. The number of thioether (sulfide) groups is 1. The van der Waals surface area contributed by atoms with Crippen LogP contribution in [0.2, 0.25) is 0 Å². The van der Waals surface area contributed by atoms with Crippen LogP contribution in [0.15, 0.2) is 41.3 Å². The Kier molecular flexibility index (Phi) is 6.25. The largest absolute Gasteiger partial charge is 0.323 e. The van der Waals surface area contributed by atoms with Gasteiger partial charge >= 0.3 is 0 Å². The summed E-state index contributed by atoms with van der Waals surface area (Å²) in [6, 6.07) is 7.69. The summed E-state index contributed by atoms with van der Waals surface area (Å²) in [6.07, 6.45) is 3.86. The van der Waals surface area contributed by atoms with E-state index in [-0.39, 0.29) is 24.4 Å². The SMILES string of the molecule is CCSc1ccccc1NC(=O)C1C=CCN1.Cl. The smallest absolute Gasteiger partial charge is 0.245 e. The molecule has 1 aromatic carbocycles. The first-order chi connectivity index (χ1) is 8.31. The van der Waals surface area contributed by atoms with Gasteiger partial charge < -0.3 is 5.32 Å². The van der Waals surface area contributed by atoms with Crippen molar-refractivity contribution < 1.29 is 4.79 Å². The summed E-state index contributed by atoms with van der Waals surface area (Å²) >= 11 is 1.73. The number of carbonyl (C=O) groups excluding carboxylic acids is 1. The minimum absolute atomic E-state index is 0. The third-order valence-electron chi connectivity index (χ3n) is 2.51. The minimum atomic E-state index is -0.199. The molecule has 1 aromatic rings. The molecule has 0 spiro atoms. The Bertz CT molecular complexity index is 437. The van der Waals surface area contributed by atoms with E-state index >= 15 is 0 Å². The zero-order valence-corrected chi connectivity index (χ0v) is 11.8. The lowest BCUT2D eigenvalue weighted by molar-refractivity contribution is -0.116. The van der Waals surface area contributed by atoms with Gasteiger partial charge in [0.25, 0.3) is 0 Å². The minimum Gasteiger partial charge on any atom is -0.323 e. The molecular weight excluding hydrogens is 268 g/mol. The molecule has 0 fully saturated rings. The highest BCUT2D eigenvalue weighted by atomic mass is 35.5. The highest BCUT2D eigenvalue weighted by molar-refractivity contribution is 7.99. The van der Waals surface area contributed by atoms with Crippen LogP contribution < -0.4 is 10.6 Å². The number of para-hydroxylation sites is 1. The second kappa shape index (κ2) is 7.46. The number of hydrogen-bond donors (Lipinski definition) is 2. The van der Waals surface area contributed by atoms with Gasteiger partial charge in [0.1, 0.15) is 6.04 Å². The van der Waals surface area contributed by atoms with E-state index in [1.165, 1.54) is 0 Å². The summed E-state index contributed by atoms with van der Waals surface area (Å²) in [7, 11) is 0. The molecule has 0 saturated heterocycles. The van der Waals surface area contributed by atoms with Crippen molar-refractivity contribution in [1.29, 1.82) is 0 Å². The van der Waals surface area contributed by atoms with E-state index in [4.69, 9.17) is 0 Å². The summed E-state index contributed by atoms with van der Waals surface area (Å²) in [5, 5.41) is 6.06. The Morgan fingerprint density at radius 1 is 1.50 bits per heavy atom. The Labute approximate surface area is 118 Å². The zero-order chi connectivity index (χ0) is 12.1. The molecule has 0 aromatic heterocycles. The average molecular weight is 285 g/mol. The fraction of sp³-hybridized carbons (Fsp3) is 0.308. The van der Waals surface area contributed by atoms with E-state index < -0.39 is 0 Å². The lowest BCUT2D eigenvalue weighted by Gasteiger charge is -2.13. The highest BCUT2D eigenvalue weighted by Gasteiger charge is 2.18. The van der Waals surface area contributed by atoms with Gasteiger partial charge in [-0.1, -0.05) is 31.2 Å². The third kappa shape index (κ3) is 3.77. The number of nitrogens with one attached hydrogen (secondary N) is 2. The van der Waals surface area contributed by atoms with Crippen LogP contribution in [0.5, 0.6) is 0 Å². The summed E-state index contributed by atoms with van der Waals surface area (Å²) < 4.78 is 0. The highest BCUT2D eigenvalue weighted by Crippen LogP contribution is 2.26. The molecule has 1 atom stereocenters. The topological polar surface area (TPSA) is 41.1 Å². The maximum absolute atomic E-state index is 11.9. The molecule has 1 heterocycles. The van der Waals surface area contributed by atoms with Crippen molar-refractivity contribution in [3.8, 4) is 0 Å². The number of carbonyl (C=O) groups is 1. The predicted octanol–water partition coefficient (Wildman–Crippen LogP) is 2.69. The van der Waals surface area contributed by atoms with Crippen molar-refractivity contribution in [2.24, 2.45) is 0 Å². The van der Waals surface area contributed by atoms with Crippen LogP contribution >= 0.6 is 24.2 Å². The van der Waals surface area contributed by atoms with Crippen LogP contribution in [0.4, 0.5) is 5.69 Å². The summed E-state index contributed by atoms with van der Waals surface area (Å²) in [6.45, 7) is 2.87. The number of hydrogen-bond acceptors (Lipinski definition) is 3. The van der Waals surface area contributed by atoms with Crippen LogP contribution in [0.25, 0.3) is 0 Å². The predicted molar refractivity (Wildman–Crippen MR) is 79.6 cm³/mol. The molecule has 2 rings (SSSR count). The van der Waals surface area contributed by atoms with Crippen LogP contribution in [0.1, 0.15) is 6.92 Å². The summed E-state index contributed by atoms with van der Waals surface area (Å²) in [4.78, 5) is 13.1. The lowest BCUT2D eigenvalue weighted by atomic mass is 10.2. The van der Waals surface area contributed by atoms with Gasteiger partial charge in [-0.2, -0.15) is 0 Å². The summed E-state index contributed by atoms with van der Waals surface area (Å²) in [5.74, 6) is 0.997. The van der Waals surface area contributed by atoms with Gasteiger partial charge in [0.15, 0.2) is 0 Å². The van der Waals surface area contributed by atoms with Gasteiger partial charge in [-0.15, -0.1) is 24.2 Å². The van der Waals surface area contributed by atoms with Crippen LogP contribution in [-0.4, -0.2) is 24.2 Å². The van der Waals surface area contributed by atoms with E-state index in [0.29, 0.717) is 0 Å². The Balaban J connectivity index is 0.00000162. The maximum Gasteiger partial charge on any atom is 0.245 e. The normalized spacial score (nSPS) is 17.3. The molecule has 0 saturated carbocycles. The molecule has 1 aliphatic rings. The molecule has 0 radical (unpaired) electrons. The van der Waals surface area contributed by atoms with E-state index in [9.17, 15) is 4.79 Å². The van der Waals surface area contributed by atoms with E-state index in [1.54, 1.807) is 11.8 Å². The van der Waals surface area contributed by atoms with Crippen LogP contribution in [0, 0.1) is 0 Å². The standard InChI is InChI=1S/C13H16N2OS.ClH/c1-2-17-12-8-4-3-6-10(12)15-13(16)11-7-5-9-14-11;/h3-8,11,14H,2,9H2,1H3,(H,15,16);1H. The lowest BCUT2D eigenvalue weighted by Crippen LogP contribution is -2.35. The molecule has 3 nitrogen and oxygen atoms in total. The van der Waals surface area contributed by atoms with Crippen molar-refractivity contribution in [3.05, 3.63) is 36.4 Å². The van der Waals surface area contributed by atoms with Gasteiger partial charge in [-0.05, 0) is 17.9 Å². The fourth-order valence-electron chi connectivity index (χ4n) is 1.71. The Morgan fingerprint density at radius 3 is 2.94 bits per heavy atom. The molecular formula is C13H17ClN2OS. The van der Waals surface area contributed by atoms with Gasteiger partial charge in [0, 0.05) is 11.4 Å². The second-order valence-electron chi connectivity index (χ2n) is 3.73. The van der Waals surface area contributed by atoms with Crippen molar-refractivity contribution in [1.82, 2.24) is 5.32 Å². The van der Waals surface area contributed by atoms with Gasteiger partial charge in [-0.25, -0.2) is 0 Å². The maximum atomic E-state index is 11.9.